The summed E-state index contributed by atoms with van der Waals surface area (Å²) < 4.78 is 0. The summed E-state index contributed by atoms with van der Waals surface area (Å²) in [7, 11) is 1.86. The van der Waals surface area contributed by atoms with Crippen molar-refractivity contribution in [1.29, 1.82) is 0 Å². The van der Waals surface area contributed by atoms with Crippen LogP contribution in [0.3, 0.4) is 0 Å². The third-order valence-electron chi connectivity index (χ3n) is 4.39. The lowest BCUT2D eigenvalue weighted by atomic mass is 9.97. The second kappa shape index (κ2) is 6.02. The minimum Gasteiger partial charge on any atom is -0.389 e. The molecule has 2 rings (SSSR count). The molecule has 1 saturated carbocycles. The van der Waals surface area contributed by atoms with E-state index in [9.17, 15) is 9.90 Å². The fraction of sp³-hybridized carbons (Fsp3) is 0.929. The van der Waals surface area contributed by atoms with Crippen LogP contribution in [0.4, 0.5) is 0 Å². The van der Waals surface area contributed by atoms with Gasteiger partial charge in [0.1, 0.15) is 0 Å². The summed E-state index contributed by atoms with van der Waals surface area (Å²) in [5, 5.41) is 10.2. The first-order chi connectivity index (χ1) is 8.59. The van der Waals surface area contributed by atoms with Gasteiger partial charge in [-0.25, -0.2) is 0 Å². The molecule has 0 atom stereocenters. The summed E-state index contributed by atoms with van der Waals surface area (Å²) in [4.78, 5) is 16.3. The van der Waals surface area contributed by atoms with Gasteiger partial charge in [-0.1, -0.05) is 12.8 Å². The van der Waals surface area contributed by atoms with Crippen molar-refractivity contribution in [2.75, 3.05) is 33.2 Å². The maximum atomic E-state index is 12.1. The van der Waals surface area contributed by atoms with Crippen molar-refractivity contribution in [2.24, 2.45) is 0 Å². The van der Waals surface area contributed by atoms with Crippen LogP contribution in [0, 0.1) is 0 Å². The molecule has 0 aromatic rings. The molecule has 2 fully saturated rings. The number of amides is 1. The zero-order valence-corrected chi connectivity index (χ0v) is 11.5. The lowest BCUT2D eigenvalue weighted by Crippen LogP contribution is -2.39. The van der Waals surface area contributed by atoms with Crippen molar-refractivity contribution in [3.8, 4) is 0 Å². The van der Waals surface area contributed by atoms with Crippen LogP contribution in [0.5, 0.6) is 0 Å². The number of carbonyl (C=O) groups excluding carboxylic acids is 1. The van der Waals surface area contributed by atoms with Crippen molar-refractivity contribution in [2.45, 2.75) is 50.5 Å². The Kier molecular flexibility index (Phi) is 4.62. The predicted octanol–water partition coefficient (Wildman–Crippen LogP) is 1.24. The molecular formula is C14H26N2O2. The summed E-state index contributed by atoms with van der Waals surface area (Å²) in [6, 6.07) is 0. The van der Waals surface area contributed by atoms with Crippen molar-refractivity contribution >= 4 is 5.91 Å². The molecule has 4 heteroatoms. The lowest BCUT2D eigenvalue weighted by molar-refractivity contribution is -0.135. The third-order valence-corrected chi connectivity index (χ3v) is 4.39. The second-order valence-corrected chi connectivity index (χ2v) is 5.97. The van der Waals surface area contributed by atoms with Crippen LogP contribution in [0.15, 0.2) is 0 Å². The normalized spacial score (nSPS) is 23.4. The van der Waals surface area contributed by atoms with E-state index in [1.165, 1.54) is 25.9 Å². The van der Waals surface area contributed by atoms with E-state index in [1.807, 2.05) is 7.05 Å². The van der Waals surface area contributed by atoms with Crippen molar-refractivity contribution < 1.29 is 9.90 Å². The van der Waals surface area contributed by atoms with Crippen molar-refractivity contribution in [3.05, 3.63) is 0 Å². The predicted molar refractivity (Wildman–Crippen MR) is 71.3 cm³/mol. The first-order valence-electron chi connectivity index (χ1n) is 7.28. The van der Waals surface area contributed by atoms with E-state index < -0.39 is 5.60 Å². The molecular weight excluding hydrogens is 228 g/mol. The van der Waals surface area contributed by atoms with E-state index in [0.717, 1.165) is 38.8 Å². The van der Waals surface area contributed by atoms with Gasteiger partial charge in [-0.3, -0.25) is 4.79 Å². The largest absolute Gasteiger partial charge is 0.389 e. The Morgan fingerprint density at radius 2 is 1.83 bits per heavy atom. The van der Waals surface area contributed by atoms with E-state index in [1.54, 1.807) is 4.90 Å². The number of nitrogens with zero attached hydrogens (tertiary/aromatic N) is 2. The smallest absolute Gasteiger partial charge is 0.225 e. The molecule has 2 aliphatic rings. The number of likely N-dealkylation sites (tertiary alicyclic amines) is 1. The molecule has 18 heavy (non-hydrogen) atoms. The molecule has 1 aliphatic carbocycles. The van der Waals surface area contributed by atoms with E-state index in [2.05, 4.69) is 4.90 Å². The van der Waals surface area contributed by atoms with Crippen LogP contribution >= 0.6 is 0 Å². The Bertz CT molecular complexity index is 282. The average Bonchev–Trinajstić information content (AvgIpc) is 2.97. The first kappa shape index (κ1) is 13.8. The van der Waals surface area contributed by atoms with Gasteiger partial charge in [0.25, 0.3) is 0 Å². The van der Waals surface area contributed by atoms with Gasteiger partial charge in [0.05, 0.1) is 12.0 Å². The van der Waals surface area contributed by atoms with Gasteiger partial charge in [-0.05, 0) is 38.8 Å². The Hall–Kier alpha value is -0.610. The number of carbonyl (C=O) groups is 1. The topological polar surface area (TPSA) is 43.8 Å². The van der Waals surface area contributed by atoms with Crippen molar-refractivity contribution in [3.63, 3.8) is 0 Å². The Labute approximate surface area is 110 Å². The van der Waals surface area contributed by atoms with Crippen LogP contribution in [0.25, 0.3) is 0 Å². The fourth-order valence-electron chi connectivity index (χ4n) is 3.05. The average molecular weight is 254 g/mol. The van der Waals surface area contributed by atoms with E-state index in [-0.39, 0.29) is 5.91 Å². The molecule has 0 aromatic carbocycles. The SMILES string of the molecule is CN(CCN1CCCC1)C(=O)CC1(O)CCCC1. The molecule has 1 amide bonds. The monoisotopic (exact) mass is 254 g/mol. The molecule has 0 aromatic heterocycles. The summed E-state index contributed by atoms with van der Waals surface area (Å²) in [6.45, 7) is 4.10. The van der Waals surface area contributed by atoms with Crippen LogP contribution in [-0.2, 0) is 4.79 Å². The molecule has 4 nitrogen and oxygen atoms in total. The number of rotatable bonds is 5. The van der Waals surface area contributed by atoms with E-state index in [0.29, 0.717) is 6.42 Å². The molecule has 1 heterocycles. The zero-order chi connectivity index (χ0) is 13.0. The summed E-state index contributed by atoms with van der Waals surface area (Å²) in [6.07, 6.45) is 6.58. The van der Waals surface area contributed by atoms with Gasteiger partial charge in [0.2, 0.25) is 5.91 Å². The molecule has 1 N–H and O–H groups in total. The summed E-state index contributed by atoms with van der Waals surface area (Å²) >= 11 is 0. The minimum atomic E-state index is -0.709. The van der Waals surface area contributed by atoms with Gasteiger partial charge in [0.15, 0.2) is 0 Å². The van der Waals surface area contributed by atoms with Gasteiger partial charge in [-0.2, -0.15) is 0 Å². The minimum absolute atomic E-state index is 0.0959. The zero-order valence-electron chi connectivity index (χ0n) is 11.5. The molecule has 0 unspecified atom stereocenters. The summed E-state index contributed by atoms with van der Waals surface area (Å²) in [5.74, 6) is 0.0959. The lowest BCUT2D eigenvalue weighted by Gasteiger charge is -2.26. The van der Waals surface area contributed by atoms with Crippen molar-refractivity contribution in [1.82, 2.24) is 9.80 Å². The second-order valence-electron chi connectivity index (χ2n) is 5.97. The number of hydrogen-bond donors (Lipinski definition) is 1. The number of hydrogen-bond acceptors (Lipinski definition) is 3. The van der Waals surface area contributed by atoms with Crippen LogP contribution in [0.2, 0.25) is 0 Å². The van der Waals surface area contributed by atoms with Gasteiger partial charge < -0.3 is 14.9 Å². The maximum absolute atomic E-state index is 12.1. The molecule has 0 spiro atoms. The van der Waals surface area contributed by atoms with Gasteiger partial charge >= 0.3 is 0 Å². The number of likely N-dealkylation sites (N-methyl/N-ethyl adjacent to an activating group) is 1. The van der Waals surface area contributed by atoms with E-state index >= 15 is 0 Å². The van der Waals surface area contributed by atoms with E-state index in [4.69, 9.17) is 0 Å². The Morgan fingerprint density at radius 3 is 2.44 bits per heavy atom. The number of aliphatic hydroxyl groups is 1. The maximum Gasteiger partial charge on any atom is 0.225 e. The van der Waals surface area contributed by atoms with Gasteiger partial charge in [-0.15, -0.1) is 0 Å². The quantitative estimate of drug-likeness (QED) is 0.802. The van der Waals surface area contributed by atoms with Crippen LogP contribution < -0.4 is 0 Å². The highest BCUT2D eigenvalue weighted by Crippen LogP contribution is 2.32. The first-order valence-corrected chi connectivity index (χ1v) is 7.28. The Balaban J connectivity index is 1.70. The van der Waals surface area contributed by atoms with Crippen LogP contribution in [0.1, 0.15) is 44.9 Å². The standard InChI is InChI=1S/C14H26N2O2/c1-15(10-11-16-8-4-5-9-16)13(17)12-14(18)6-2-3-7-14/h18H,2-12H2,1H3. The molecule has 1 saturated heterocycles. The highest BCUT2D eigenvalue weighted by atomic mass is 16.3. The molecule has 104 valence electrons. The molecule has 0 bridgehead atoms. The Morgan fingerprint density at radius 1 is 1.22 bits per heavy atom. The molecule has 1 aliphatic heterocycles. The summed E-state index contributed by atoms with van der Waals surface area (Å²) in [5.41, 5.74) is -0.709. The highest BCUT2D eigenvalue weighted by Gasteiger charge is 2.34. The molecule has 0 radical (unpaired) electrons. The van der Waals surface area contributed by atoms with Gasteiger partial charge in [0, 0.05) is 20.1 Å². The highest BCUT2D eigenvalue weighted by molar-refractivity contribution is 5.77. The van der Waals surface area contributed by atoms with Crippen LogP contribution in [-0.4, -0.2) is 59.6 Å². The third kappa shape index (κ3) is 3.69. The fourth-order valence-corrected chi connectivity index (χ4v) is 3.05.